The lowest BCUT2D eigenvalue weighted by Gasteiger charge is -2.40. The van der Waals surface area contributed by atoms with Crippen LogP contribution in [0.1, 0.15) is 32.1 Å². The third-order valence-electron chi connectivity index (χ3n) is 8.26. The molecule has 2 bridgehead atoms. The Balaban J connectivity index is 1.40. The quantitative estimate of drug-likeness (QED) is 0.343. The van der Waals surface area contributed by atoms with Crippen LogP contribution in [0.25, 0.3) is 10.9 Å². The lowest BCUT2D eigenvalue weighted by molar-refractivity contribution is -0.0328. The van der Waals surface area contributed by atoms with Gasteiger partial charge in [0.15, 0.2) is 5.82 Å². The fraction of sp³-hybridized carbons (Fsp3) is 0.625. The van der Waals surface area contributed by atoms with Crippen molar-refractivity contribution in [1.29, 1.82) is 0 Å². The van der Waals surface area contributed by atoms with Gasteiger partial charge in [-0.2, -0.15) is 23.1 Å². The fourth-order valence-corrected chi connectivity index (χ4v) is 7.84. The molecular weight excluding hydrogens is 613 g/mol. The van der Waals surface area contributed by atoms with Crippen molar-refractivity contribution < 1.29 is 36.6 Å². The van der Waals surface area contributed by atoms with E-state index in [1.54, 1.807) is 4.90 Å². The highest BCUT2D eigenvalue weighted by molar-refractivity contribution is 9.10. The van der Waals surface area contributed by atoms with Crippen molar-refractivity contribution in [2.24, 2.45) is 0 Å². The number of anilines is 1. The number of piperazine rings is 1. The van der Waals surface area contributed by atoms with Gasteiger partial charge in [-0.1, -0.05) is 0 Å². The zero-order chi connectivity index (χ0) is 27.7. The molecule has 4 atom stereocenters. The highest BCUT2D eigenvalue weighted by Crippen LogP contribution is 2.46. The normalized spacial score (nSPS) is 28.9. The molecule has 15 heteroatoms. The van der Waals surface area contributed by atoms with Crippen LogP contribution in [0, 0.1) is 5.82 Å². The van der Waals surface area contributed by atoms with Gasteiger partial charge >= 0.3 is 17.6 Å². The van der Waals surface area contributed by atoms with Crippen molar-refractivity contribution in [3.63, 3.8) is 0 Å². The van der Waals surface area contributed by atoms with Gasteiger partial charge in [-0.05, 0) is 66.0 Å². The van der Waals surface area contributed by atoms with Crippen LogP contribution in [-0.4, -0.2) is 93.1 Å². The molecule has 4 saturated heterocycles. The van der Waals surface area contributed by atoms with Crippen LogP contribution in [0.3, 0.4) is 0 Å². The number of fused-ring (bicyclic) bond motifs is 4. The molecule has 0 spiro atoms. The largest absolute Gasteiger partial charge is 0.465 e. The number of amides is 1. The van der Waals surface area contributed by atoms with Crippen LogP contribution in [0.4, 0.5) is 32.6 Å². The van der Waals surface area contributed by atoms with Crippen LogP contribution >= 0.6 is 27.7 Å². The first-order valence-electron chi connectivity index (χ1n) is 12.7. The zero-order valence-corrected chi connectivity index (χ0v) is 23.0. The molecule has 39 heavy (non-hydrogen) atoms. The highest BCUT2D eigenvalue weighted by Gasteiger charge is 2.49. The topological polar surface area (TPSA) is 82.0 Å². The molecule has 2 unspecified atom stereocenters. The van der Waals surface area contributed by atoms with E-state index < -0.39 is 40.9 Å². The summed E-state index contributed by atoms with van der Waals surface area (Å²) in [6, 6.07) is 0.389. The minimum Gasteiger partial charge on any atom is -0.465 e. The Morgan fingerprint density at radius 1 is 1.23 bits per heavy atom. The van der Waals surface area contributed by atoms with E-state index in [1.807, 2.05) is 0 Å². The number of carboxylic acid groups (broad SMARTS) is 1. The summed E-state index contributed by atoms with van der Waals surface area (Å²) in [6.45, 7) is 1.67. The predicted molar refractivity (Wildman–Crippen MR) is 137 cm³/mol. The first kappa shape index (κ1) is 27.1. The number of aromatic nitrogens is 2. The van der Waals surface area contributed by atoms with E-state index in [1.165, 1.54) is 11.0 Å². The van der Waals surface area contributed by atoms with Gasteiger partial charge in [-0.3, -0.25) is 9.80 Å². The summed E-state index contributed by atoms with van der Waals surface area (Å²) >= 11 is 2.51. The number of hydrogen-bond donors (Lipinski definition) is 1. The molecule has 212 valence electrons. The average Bonchev–Trinajstić information content (AvgIpc) is 3.47. The first-order valence-corrected chi connectivity index (χ1v) is 14.3. The number of ether oxygens (including phenoxy) is 1. The molecule has 0 saturated carbocycles. The van der Waals surface area contributed by atoms with E-state index in [4.69, 9.17) is 4.74 Å². The molecule has 5 heterocycles. The number of hydrogen-bond acceptors (Lipinski definition) is 7. The monoisotopic (exact) mass is 637 g/mol. The molecule has 0 aliphatic carbocycles. The van der Waals surface area contributed by atoms with E-state index in [0.29, 0.717) is 25.8 Å². The van der Waals surface area contributed by atoms with Gasteiger partial charge in [0.1, 0.15) is 24.1 Å². The molecule has 6 rings (SSSR count). The molecule has 2 aromatic rings. The van der Waals surface area contributed by atoms with Crippen LogP contribution in [-0.2, 0) is 0 Å². The van der Waals surface area contributed by atoms with Crippen LogP contribution in [0.2, 0.25) is 0 Å². The van der Waals surface area contributed by atoms with E-state index in [-0.39, 0.29) is 63.9 Å². The first-order chi connectivity index (χ1) is 18.4. The smallest absolute Gasteiger partial charge is 0.446 e. The molecule has 1 N–H and O–H groups in total. The lowest BCUT2D eigenvalue weighted by Crippen LogP contribution is -2.55. The third-order valence-corrected chi connectivity index (χ3v) is 10.1. The Kier molecular flexibility index (Phi) is 6.77. The molecule has 1 aromatic carbocycles. The number of thioether (sulfide) groups is 1. The minimum absolute atomic E-state index is 0.0725. The maximum absolute atomic E-state index is 15.6. The van der Waals surface area contributed by atoms with Crippen molar-refractivity contribution in [3.8, 4) is 6.01 Å². The summed E-state index contributed by atoms with van der Waals surface area (Å²) in [6.07, 6.45) is 1.23. The van der Waals surface area contributed by atoms with Crippen molar-refractivity contribution in [3.05, 3.63) is 16.4 Å². The molecule has 1 aromatic heterocycles. The molecular formula is C24H25BrF5N5O3S. The summed E-state index contributed by atoms with van der Waals surface area (Å²) in [5, 5.41) is 9.71. The van der Waals surface area contributed by atoms with Gasteiger partial charge in [0, 0.05) is 36.3 Å². The van der Waals surface area contributed by atoms with E-state index >= 15 is 4.39 Å². The maximum Gasteiger partial charge on any atom is 0.446 e. The van der Waals surface area contributed by atoms with Crippen LogP contribution in [0.15, 0.2) is 15.4 Å². The van der Waals surface area contributed by atoms with E-state index in [2.05, 4.69) is 30.8 Å². The Hall–Kier alpha value is -2.13. The van der Waals surface area contributed by atoms with Crippen molar-refractivity contribution in [2.45, 2.75) is 66.3 Å². The third kappa shape index (κ3) is 4.88. The van der Waals surface area contributed by atoms with Crippen molar-refractivity contribution in [2.75, 3.05) is 37.7 Å². The number of rotatable bonds is 5. The fourth-order valence-electron chi connectivity index (χ4n) is 6.68. The van der Waals surface area contributed by atoms with Crippen LogP contribution < -0.4 is 9.64 Å². The number of halogens is 6. The maximum atomic E-state index is 15.6. The summed E-state index contributed by atoms with van der Waals surface area (Å²) < 4.78 is 75.2. The number of nitrogens with zero attached hydrogens (tertiary/aromatic N) is 5. The lowest BCUT2D eigenvalue weighted by atomic mass is 9.95. The second-order valence-corrected chi connectivity index (χ2v) is 12.5. The van der Waals surface area contributed by atoms with E-state index in [0.717, 1.165) is 19.4 Å². The summed E-state index contributed by atoms with van der Waals surface area (Å²) in [7, 11) is 0. The Labute approximate surface area is 233 Å². The molecule has 4 fully saturated rings. The van der Waals surface area contributed by atoms with Gasteiger partial charge in [-0.25, -0.2) is 13.6 Å². The SMILES string of the molecule is O=C(O)N1C2CCC1CN(c1nc(OC[C@@]34CCCN3C[C@H](F)C4)nc3c(F)c(Br)c(SC(F)(F)F)cc13)C2. The summed E-state index contributed by atoms with van der Waals surface area (Å²) in [4.78, 5) is 25.4. The van der Waals surface area contributed by atoms with Gasteiger partial charge in [0.2, 0.25) is 0 Å². The van der Waals surface area contributed by atoms with Crippen molar-refractivity contribution >= 4 is 50.5 Å². The van der Waals surface area contributed by atoms with Gasteiger partial charge in [0.25, 0.3) is 0 Å². The highest BCUT2D eigenvalue weighted by atomic mass is 79.9. The van der Waals surface area contributed by atoms with Crippen LogP contribution in [0.5, 0.6) is 6.01 Å². The second kappa shape index (κ2) is 9.75. The Bertz CT molecular complexity index is 1310. The molecule has 0 radical (unpaired) electrons. The standard InChI is InChI=1S/C24H25BrF5N5O3S/c25-17-16(39-24(28,29)30)6-15-19(18(17)27)31-21(38-11-23-4-1-5-34(23)8-12(26)7-23)32-20(15)33-9-13-2-3-14(10-33)35(13)22(36)37/h6,12-14H,1-5,7-11H2,(H,36,37)/t12-,13?,14?,23+/m1/s1. The number of carbonyl (C=O) groups is 1. The molecule has 4 aliphatic rings. The summed E-state index contributed by atoms with van der Waals surface area (Å²) in [5.41, 5.74) is -5.37. The molecule has 4 aliphatic heterocycles. The van der Waals surface area contributed by atoms with Gasteiger partial charge in [0.05, 0.1) is 22.1 Å². The summed E-state index contributed by atoms with van der Waals surface area (Å²) in [5.74, 6) is -0.798. The minimum atomic E-state index is -4.65. The van der Waals surface area contributed by atoms with Crippen molar-refractivity contribution in [1.82, 2.24) is 19.8 Å². The predicted octanol–water partition coefficient (Wildman–Crippen LogP) is 5.43. The second-order valence-electron chi connectivity index (χ2n) is 10.6. The molecule has 8 nitrogen and oxygen atoms in total. The number of alkyl halides is 4. The van der Waals surface area contributed by atoms with Gasteiger partial charge < -0.3 is 14.7 Å². The average molecular weight is 638 g/mol. The Morgan fingerprint density at radius 3 is 2.62 bits per heavy atom. The zero-order valence-electron chi connectivity index (χ0n) is 20.6. The Morgan fingerprint density at radius 2 is 1.95 bits per heavy atom. The molecule has 1 amide bonds. The van der Waals surface area contributed by atoms with Gasteiger partial charge in [-0.15, -0.1) is 0 Å². The number of benzene rings is 1. The van der Waals surface area contributed by atoms with E-state index in [9.17, 15) is 27.5 Å².